The minimum Gasteiger partial charge on any atom is -0.379 e. The van der Waals surface area contributed by atoms with Crippen LogP contribution in [-0.4, -0.2) is 25.4 Å². The molecule has 0 aromatic heterocycles. The Morgan fingerprint density at radius 2 is 1.00 bits per heavy atom. The van der Waals surface area contributed by atoms with Crippen LogP contribution in [0.4, 0.5) is 0 Å². The molecular formula is C17H38O2. The largest absolute Gasteiger partial charge is 0.379 e. The standard InChI is InChI=1S/C9H20O.C8H18O/c1-8(2)6-5-7-10-9(3)4;1-7(2)5-6-9-8(3)4/h8-9H,5-7H2,1-4H3;7-8H,5-6H2,1-4H3. The Bertz CT molecular complexity index is 145. The van der Waals surface area contributed by atoms with E-state index in [9.17, 15) is 0 Å². The molecule has 0 aromatic rings. The average Bonchev–Trinajstić information content (AvgIpc) is 2.23. The van der Waals surface area contributed by atoms with Gasteiger partial charge >= 0.3 is 0 Å². The first kappa shape index (κ1) is 21.2. The zero-order chi connectivity index (χ0) is 15.3. The molecule has 0 saturated carbocycles. The van der Waals surface area contributed by atoms with Crippen LogP contribution < -0.4 is 0 Å². The lowest BCUT2D eigenvalue weighted by molar-refractivity contribution is 0.0710. The fourth-order valence-corrected chi connectivity index (χ4v) is 1.35. The first-order chi connectivity index (χ1) is 8.75. The summed E-state index contributed by atoms with van der Waals surface area (Å²) >= 11 is 0. The van der Waals surface area contributed by atoms with Crippen molar-refractivity contribution in [3.63, 3.8) is 0 Å². The number of ether oxygens (including phenoxy) is 2. The third-order valence-corrected chi connectivity index (χ3v) is 2.52. The lowest BCUT2D eigenvalue weighted by Crippen LogP contribution is -2.05. The third kappa shape index (κ3) is 27.2. The quantitative estimate of drug-likeness (QED) is 0.531. The first-order valence-electron chi connectivity index (χ1n) is 7.98. The van der Waals surface area contributed by atoms with Crippen LogP contribution in [0.15, 0.2) is 0 Å². The maximum absolute atomic E-state index is 5.39. The van der Waals surface area contributed by atoms with E-state index in [1.165, 1.54) is 19.3 Å². The van der Waals surface area contributed by atoms with Crippen LogP contribution in [0.3, 0.4) is 0 Å². The number of hydrogen-bond acceptors (Lipinski definition) is 2. The van der Waals surface area contributed by atoms with Crippen molar-refractivity contribution in [3.8, 4) is 0 Å². The predicted octanol–water partition coefficient (Wildman–Crippen LogP) is 5.31. The Kier molecular flexibility index (Phi) is 16.0. The van der Waals surface area contributed by atoms with Crippen molar-refractivity contribution in [3.05, 3.63) is 0 Å². The van der Waals surface area contributed by atoms with Crippen molar-refractivity contribution in [2.75, 3.05) is 13.2 Å². The molecule has 0 radical (unpaired) electrons. The van der Waals surface area contributed by atoms with Gasteiger partial charge in [0.2, 0.25) is 0 Å². The molecule has 0 aromatic carbocycles. The van der Waals surface area contributed by atoms with Gasteiger partial charge in [0.25, 0.3) is 0 Å². The maximum atomic E-state index is 5.39. The molecule has 2 nitrogen and oxygen atoms in total. The van der Waals surface area contributed by atoms with E-state index in [4.69, 9.17) is 9.47 Å². The summed E-state index contributed by atoms with van der Waals surface area (Å²) in [6, 6.07) is 0. The lowest BCUT2D eigenvalue weighted by Gasteiger charge is -2.08. The van der Waals surface area contributed by atoms with E-state index < -0.39 is 0 Å². The summed E-state index contributed by atoms with van der Waals surface area (Å²) in [6.45, 7) is 19.1. The second-order valence-electron chi connectivity index (χ2n) is 6.56. The zero-order valence-corrected chi connectivity index (χ0v) is 14.7. The van der Waals surface area contributed by atoms with Gasteiger partial charge in [-0.1, -0.05) is 27.7 Å². The molecule has 0 unspecified atom stereocenters. The summed E-state index contributed by atoms with van der Waals surface area (Å²) in [7, 11) is 0. The number of hydrogen-bond donors (Lipinski definition) is 0. The van der Waals surface area contributed by atoms with Gasteiger partial charge in [-0.05, 0) is 58.8 Å². The molecule has 0 aliphatic carbocycles. The van der Waals surface area contributed by atoms with Crippen LogP contribution >= 0.6 is 0 Å². The molecule has 0 N–H and O–H groups in total. The Hall–Kier alpha value is -0.0800. The van der Waals surface area contributed by atoms with Crippen LogP contribution in [0.1, 0.15) is 74.7 Å². The van der Waals surface area contributed by atoms with Crippen LogP contribution in [0.25, 0.3) is 0 Å². The van der Waals surface area contributed by atoms with Gasteiger partial charge < -0.3 is 9.47 Å². The van der Waals surface area contributed by atoms with E-state index in [0.29, 0.717) is 12.2 Å². The second-order valence-corrected chi connectivity index (χ2v) is 6.56. The van der Waals surface area contributed by atoms with Crippen molar-refractivity contribution in [1.29, 1.82) is 0 Å². The maximum Gasteiger partial charge on any atom is 0.0518 e. The zero-order valence-electron chi connectivity index (χ0n) is 14.7. The van der Waals surface area contributed by atoms with Gasteiger partial charge in [0.05, 0.1) is 12.2 Å². The van der Waals surface area contributed by atoms with Crippen LogP contribution in [0.2, 0.25) is 0 Å². The Balaban J connectivity index is 0. The Morgan fingerprint density at radius 1 is 0.579 bits per heavy atom. The van der Waals surface area contributed by atoms with Gasteiger partial charge in [-0.15, -0.1) is 0 Å². The smallest absolute Gasteiger partial charge is 0.0518 e. The van der Waals surface area contributed by atoms with Crippen molar-refractivity contribution in [2.24, 2.45) is 11.8 Å². The second kappa shape index (κ2) is 14.3. The third-order valence-electron chi connectivity index (χ3n) is 2.52. The highest BCUT2D eigenvalue weighted by Gasteiger charge is 1.96. The summed E-state index contributed by atoms with van der Waals surface area (Å²) in [5, 5.41) is 0. The molecule has 118 valence electrons. The minimum absolute atomic E-state index is 0.392. The molecule has 0 rings (SSSR count). The van der Waals surface area contributed by atoms with E-state index in [1.807, 2.05) is 0 Å². The molecule has 0 spiro atoms. The normalized spacial score (nSPS) is 11.4. The summed E-state index contributed by atoms with van der Waals surface area (Å²) in [6.07, 6.45) is 4.46. The monoisotopic (exact) mass is 274 g/mol. The number of rotatable bonds is 9. The summed E-state index contributed by atoms with van der Waals surface area (Å²) < 4.78 is 10.7. The molecule has 0 amide bonds. The lowest BCUT2D eigenvalue weighted by atomic mass is 10.1. The fourth-order valence-electron chi connectivity index (χ4n) is 1.35. The van der Waals surface area contributed by atoms with Crippen molar-refractivity contribution in [2.45, 2.75) is 86.9 Å². The van der Waals surface area contributed by atoms with Gasteiger partial charge in [0, 0.05) is 13.2 Å². The van der Waals surface area contributed by atoms with Crippen molar-refractivity contribution in [1.82, 2.24) is 0 Å². The minimum atomic E-state index is 0.392. The van der Waals surface area contributed by atoms with E-state index >= 15 is 0 Å². The molecule has 0 saturated heterocycles. The Labute approximate surface area is 122 Å². The molecule has 0 atom stereocenters. The molecule has 2 heteroatoms. The molecule has 19 heavy (non-hydrogen) atoms. The first-order valence-corrected chi connectivity index (χ1v) is 7.98. The van der Waals surface area contributed by atoms with Gasteiger partial charge in [-0.25, -0.2) is 0 Å². The predicted molar refractivity (Wildman–Crippen MR) is 85.7 cm³/mol. The summed E-state index contributed by atoms with van der Waals surface area (Å²) in [5.74, 6) is 1.58. The highest BCUT2D eigenvalue weighted by Crippen LogP contribution is 2.03. The molecule has 0 aliphatic heterocycles. The van der Waals surface area contributed by atoms with Crippen molar-refractivity contribution >= 4 is 0 Å². The van der Waals surface area contributed by atoms with E-state index in [-0.39, 0.29) is 0 Å². The average molecular weight is 274 g/mol. The topological polar surface area (TPSA) is 18.5 Å². The summed E-state index contributed by atoms with van der Waals surface area (Å²) in [5.41, 5.74) is 0. The highest BCUT2D eigenvalue weighted by molar-refractivity contribution is 4.45. The molecule has 0 fully saturated rings. The van der Waals surface area contributed by atoms with Crippen LogP contribution in [0, 0.1) is 11.8 Å². The molecule has 0 aliphatic rings. The van der Waals surface area contributed by atoms with Crippen LogP contribution in [0.5, 0.6) is 0 Å². The van der Waals surface area contributed by atoms with Gasteiger partial charge in [0.15, 0.2) is 0 Å². The van der Waals surface area contributed by atoms with Gasteiger partial charge in [-0.2, -0.15) is 0 Å². The van der Waals surface area contributed by atoms with Crippen molar-refractivity contribution < 1.29 is 9.47 Å². The molecule has 0 bridgehead atoms. The highest BCUT2D eigenvalue weighted by atomic mass is 16.5. The van der Waals surface area contributed by atoms with Gasteiger partial charge in [0.1, 0.15) is 0 Å². The van der Waals surface area contributed by atoms with E-state index in [2.05, 4.69) is 55.4 Å². The van der Waals surface area contributed by atoms with E-state index in [1.54, 1.807) is 0 Å². The summed E-state index contributed by atoms with van der Waals surface area (Å²) in [4.78, 5) is 0. The van der Waals surface area contributed by atoms with Crippen LogP contribution in [-0.2, 0) is 9.47 Å². The fraction of sp³-hybridized carbons (Fsp3) is 1.00. The molecular weight excluding hydrogens is 236 g/mol. The molecule has 0 heterocycles. The van der Waals surface area contributed by atoms with E-state index in [0.717, 1.165) is 25.0 Å². The van der Waals surface area contributed by atoms with Gasteiger partial charge in [-0.3, -0.25) is 0 Å². The SMILES string of the molecule is CC(C)CCCOC(C)C.CC(C)CCOC(C)C. The Morgan fingerprint density at radius 3 is 1.37 bits per heavy atom.